The van der Waals surface area contributed by atoms with E-state index in [1.165, 1.54) is 0 Å². The minimum Gasteiger partial charge on any atom is -0.481 e. The van der Waals surface area contributed by atoms with Crippen LogP contribution in [-0.2, 0) is 17.3 Å². The molecule has 0 saturated heterocycles. The van der Waals surface area contributed by atoms with Gasteiger partial charge in [0.25, 0.3) is 0 Å². The molecular formula is C14H16N2O2. The maximum Gasteiger partial charge on any atom is 0.314 e. The number of fused-ring (bicyclic) bond motifs is 1. The summed E-state index contributed by atoms with van der Waals surface area (Å²) in [5, 5.41) is 10.6. The standard InChI is InChI=1S/C14H16N2O2/c1-16-8-11(10-4-2-3-5-12(10)16)14(13(17)18)6-9(15)7-14/h2-5,8-9H,6-7,15H2,1H3,(H,17,18). The molecule has 3 N–H and O–H groups in total. The van der Waals surface area contributed by atoms with E-state index >= 15 is 0 Å². The number of aliphatic carboxylic acids is 1. The van der Waals surface area contributed by atoms with E-state index in [0.717, 1.165) is 16.5 Å². The van der Waals surface area contributed by atoms with E-state index in [1.807, 2.05) is 42.1 Å². The molecule has 0 unspecified atom stereocenters. The molecule has 1 aromatic carbocycles. The van der Waals surface area contributed by atoms with Crippen LogP contribution in [0.15, 0.2) is 30.5 Å². The van der Waals surface area contributed by atoms with E-state index in [0.29, 0.717) is 12.8 Å². The van der Waals surface area contributed by atoms with E-state index in [9.17, 15) is 9.90 Å². The number of nitrogens with zero attached hydrogens (tertiary/aromatic N) is 1. The van der Waals surface area contributed by atoms with Gasteiger partial charge in [0.05, 0.1) is 5.41 Å². The van der Waals surface area contributed by atoms with Gasteiger partial charge in [0.1, 0.15) is 0 Å². The highest BCUT2D eigenvalue weighted by Crippen LogP contribution is 2.46. The molecule has 0 amide bonds. The Labute approximate surface area is 105 Å². The van der Waals surface area contributed by atoms with Gasteiger partial charge < -0.3 is 15.4 Å². The Kier molecular flexibility index (Phi) is 2.25. The number of aromatic nitrogens is 1. The van der Waals surface area contributed by atoms with Crippen LogP contribution >= 0.6 is 0 Å². The molecule has 1 aromatic heterocycles. The fourth-order valence-corrected chi connectivity index (χ4v) is 3.07. The van der Waals surface area contributed by atoms with E-state index < -0.39 is 11.4 Å². The lowest BCUT2D eigenvalue weighted by Crippen LogP contribution is -2.54. The van der Waals surface area contributed by atoms with Gasteiger partial charge in [-0.3, -0.25) is 4.79 Å². The van der Waals surface area contributed by atoms with Gasteiger partial charge in [0, 0.05) is 30.2 Å². The lowest BCUT2D eigenvalue weighted by Gasteiger charge is -2.42. The zero-order valence-corrected chi connectivity index (χ0v) is 10.3. The van der Waals surface area contributed by atoms with Crippen molar-refractivity contribution < 1.29 is 9.90 Å². The summed E-state index contributed by atoms with van der Waals surface area (Å²) in [6, 6.07) is 7.90. The number of nitrogens with two attached hydrogens (primary N) is 1. The Balaban J connectivity index is 2.22. The molecule has 0 bridgehead atoms. The molecular weight excluding hydrogens is 228 g/mol. The minimum absolute atomic E-state index is 0.0000633. The number of para-hydroxylation sites is 1. The third-order valence-electron chi connectivity index (χ3n) is 4.04. The molecule has 94 valence electrons. The van der Waals surface area contributed by atoms with E-state index in [-0.39, 0.29) is 6.04 Å². The van der Waals surface area contributed by atoms with Gasteiger partial charge in [0.2, 0.25) is 0 Å². The maximum absolute atomic E-state index is 11.6. The first kappa shape index (κ1) is 11.3. The van der Waals surface area contributed by atoms with Crippen molar-refractivity contribution in [1.82, 2.24) is 4.57 Å². The first-order valence-corrected chi connectivity index (χ1v) is 6.08. The summed E-state index contributed by atoms with van der Waals surface area (Å²) in [4.78, 5) is 11.6. The van der Waals surface area contributed by atoms with Gasteiger partial charge in [-0.1, -0.05) is 18.2 Å². The Morgan fingerprint density at radius 1 is 1.44 bits per heavy atom. The van der Waals surface area contributed by atoms with Gasteiger partial charge in [-0.25, -0.2) is 0 Å². The number of hydrogen-bond acceptors (Lipinski definition) is 2. The summed E-state index contributed by atoms with van der Waals surface area (Å²) in [6.07, 6.45) is 2.98. The molecule has 0 spiro atoms. The fraction of sp³-hybridized carbons (Fsp3) is 0.357. The first-order valence-electron chi connectivity index (χ1n) is 6.08. The highest BCUT2D eigenvalue weighted by Gasteiger charge is 2.51. The van der Waals surface area contributed by atoms with Crippen LogP contribution in [0.4, 0.5) is 0 Å². The Hall–Kier alpha value is -1.81. The molecule has 1 aliphatic carbocycles. The second kappa shape index (κ2) is 3.59. The van der Waals surface area contributed by atoms with Crippen molar-refractivity contribution in [3.8, 4) is 0 Å². The summed E-state index contributed by atoms with van der Waals surface area (Å²) < 4.78 is 1.99. The largest absolute Gasteiger partial charge is 0.481 e. The van der Waals surface area contributed by atoms with Crippen molar-refractivity contribution in [1.29, 1.82) is 0 Å². The molecule has 4 heteroatoms. The zero-order valence-electron chi connectivity index (χ0n) is 10.3. The molecule has 0 atom stereocenters. The minimum atomic E-state index is -0.791. The van der Waals surface area contributed by atoms with Crippen LogP contribution in [0.5, 0.6) is 0 Å². The van der Waals surface area contributed by atoms with Gasteiger partial charge in [0.15, 0.2) is 0 Å². The molecule has 18 heavy (non-hydrogen) atoms. The van der Waals surface area contributed by atoms with Crippen LogP contribution in [0.25, 0.3) is 10.9 Å². The number of hydrogen-bond donors (Lipinski definition) is 2. The Morgan fingerprint density at radius 2 is 2.11 bits per heavy atom. The van der Waals surface area contributed by atoms with Gasteiger partial charge in [-0.15, -0.1) is 0 Å². The van der Waals surface area contributed by atoms with Crippen LogP contribution in [-0.4, -0.2) is 21.7 Å². The van der Waals surface area contributed by atoms with Crippen LogP contribution < -0.4 is 5.73 Å². The van der Waals surface area contributed by atoms with Crippen molar-refractivity contribution in [2.45, 2.75) is 24.3 Å². The van der Waals surface area contributed by atoms with E-state index in [2.05, 4.69) is 0 Å². The van der Waals surface area contributed by atoms with Crippen LogP contribution in [0.2, 0.25) is 0 Å². The number of carbonyl (C=O) groups is 1. The molecule has 0 aliphatic heterocycles. The second-order valence-corrected chi connectivity index (χ2v) is 5.23. The van der Waals surface area contributed by atoms with Gasteiger partial charge in [-0.2, -0.15) is 0 Å². The van der Waals surface area contributed by atoms with Crippen molar-refractivity contribution in [2.75, 3.05) is 0 Å². The molecule has 1 aliphatic rings. The quantitative estimate of drug-likeness (QED) is 0.843. The lowest BCUT2D eigenvalue weighted by molar-refractivity contribution is -0.148. The molecule has 4 nitrogen and oxygen atoms in total. The third-order valence-corrected chi connectivity index (χ3v) is 4.04. The highest BCUT2D eigenvalue weighted by molar-refractivity contribution is 5.93. The van der Waals surface area contributed by atoms with Crippen molar-refractivity contribution in [3.05, 3.63) is 36.0 Å². The monoisotopic (exact) mass is 244 g/mol. The third kappa shape index (κ3) is 1.32. The van der Waals surface area contributed by atoms with E-state index in [4.69, 9.17) is 5.73 Å². The first-order chi connectivity index (χ1) is 8.54. The second-order valence-electron chi connectivity index (χ2n) is 5.23. The fourth-order valence-electron chi connectivity index (χ4n) is 3.07. The number of carboxylic acid groups (broad SMARTS) is 1. The summed E-state index contributed by atoms with van der Waals surface area (Å²) in [5.74, 6) is -0.763. The van der Waals surface area contributed by atoms with Gasteiger partial charge >= 0.3 is 5.97 Å². The number of benzene rings is 1. The zero-order chi connectivity index (χ0) is 12.9. The van der Waals surface area contributed by atoms with Gasteiger partial charge in [-0.05, 0) is 24.5 Å². The molecule has 0 radical (unpaired) electrons. The van der Waals surface area contributed by atoms with Crippen LogP contribution in [0.1, 0.15) is 18.4 Å². The summed E-state index contributed by atoms with van der Waals surface area (Å²) in [6.45, 7) is 0. The average Bonchev–Trinajstić information content (AvgIpc) is 2.63. The maximum atomic E-state index is 11.6. The summed E-state index contributed by atoms with van der Waals surface area (Å²) in [7, 11) is 1.94. The summed E-state index contributed by atoms with van der Waals surface area (Å²) in [5.41, 5.74) is 6.98. The Morgan fingerprint density at radius 3 is 2.72 bits per heavy atom. The summed E-state index contributed by atoms with van der Waals surface area (Å²) >= 11 is 0. The SMILES string of the molecule is Cn1cc(C2(C(=O)O)CC(N)C2)c2ccccc21. The Bertz CT molecular complexity index is 624. The number of carboxylic acids is 1. The molecule has 3 rings (SSSR count). The molecule has 2 aromatic rings. The average molecular weight is 244 g/mol. The molecule has 1 saturated carbocycles. The van der Waals surface area contributed by atoms with Crippen LogP contribution in [0, 0.1) is 0 Å². The van der Waals surface area contributed by atoms with Crippen LogP contribution in [0.3, 0.4) is 0 Å². The molecule has 1 heterocycles. The highest BCUT2D eigenvalue weighted by atomic mass is 16.4. The molecule has 1 fully saturated rings. The topological polar surface area (TPSA) is 68.2 Å². The predicted octanol–water partition coefficient (Wildman–Crippen LogP) is 1.62. The van der Waals surface area contributed by atoms with E-state index in [1.54, 1.807) is 0 Å². The predicted molar refractivity (Wildman–Crippen MR) is 69.4 cm³/mol. The lowest BCUT2D eigenvalue weighted by atomic mass is 9.62. The number of aryl methyl sites for hydroxylation is 1. The van der Waals surface area contributed by atoms with Crippen molar-refractivity contribution >= 4 is 16.9 Å². The smallest absolute Gasteiger partial charge is 0.314 e. The number of rotatable bonds is 2. The normalized spacial score (nSPS) is 27.1. The van der Waals surface area contributed by atoms with Crippen molar-refractivity contribution in [2.24, 2.45) is 12.8 Å². The van der Waals surface area contributed by atoms with Crippen molar-refractivity contribution in [3.63, 3.8) is 0 Å².